The lowest BCUT2D eigenvalue weighted by Crippen LogP contribution is -2.35. The molecule has 0 fully saturated rings. The lowest BCUT2D eigenvalue weighted by Gasteiger charge is -2.42. The summed E-state index contributed by atoms with van der Waals surface area (Å²) in [6, 6.07) is 63.5. The van der Waals surface area contributed by atoms with Crippen molar-refractivity contribution in [3.63, 3.8) is 0 Å². The number of fused-ring (bicyclic) bond motifs is 16. The van der Waals surface area contributed by atoms with Gasteiger partial charge in [0, 0.05) is 16.9 Å². The largest absolute Gasteiger partial charge is 0.310 e. The van der Waals surface area contributed by atoms with E-state index in [-0.39, 0.29) is 0 Å². The second kappa shape index (κ2) is 23.0. The molecule has 0 N–H and O–H groups in total. The van der Waals surface area contributed by atoms with Crippen molar-refractivity contribution in [2.24, 2.45) is 0 Å². The van der Waals surface area contributed by atoms with E-state index >= 15 is 0 Å². The molecule has 0 radical (unpaired) electrons. The summed E-state index contributed by atoms with van der Waals surface area (Å²) in [6.07, 6.45) is 42.3. The summed E-state index contributed by atoms with van der Waals surface area (Å²) in [5, 5.41) is 5.34. The zero-order valence-electron chi connectivity index (χ0n) is 52.5. The topological polar surface area (TPSA) is 3.24 Å². The molecule has 1 atom stereocenters. The van der Waals surface area contributed by atoms with Gasteiger partial charge in [0.05, 0.1) is 16.5 Å². The van der Waals surface area contributed by atoms with E-state index in [9.17, 15) is 0 Å². The molecule has 16 rings (SSSR count). The van der Waals surface area contributed by atoms with Gasteiger partial charge >= 0.3 is 0 Å². The minimum Gasteiger partial charge on any atom is -0.310 e. The highest BCUT2D eigenvalue weighted by molar-refractivity contribution is 6.00. The van der Waals surface area contributed by atoms with Crippen molar-refractivity contribution in [2.75, 3.05) is 4.90 Å². The van der Waals surface area contributed by atoms with Crippen LogP contribution in [0.1, 0.15) is 149 Å². The molecule has 89 heavy (non-hydrogen) atoms. The van der Waals surface area contributed by atoms with Gasteiger partial charge in [-0.25, -0.2) is 0 Å². The van der Waals surface area contributed by atoms with Crippen LogP contribution >= 0.6 is 0 Å². The SMILES string of the molecule is C=C/C=C(\C=C/C)C1(C(/C=C\CC)=C/C)c2ccccc2-c2c(N(C3=CCCC(C4=CC5=C(CC4)c4ccccc4C54c5ccc6ccccc6c5Cc5c4ccc4ccccc54)=C3)c3ccc(C4=CC5=C(CC4)C4=C(CCC=C4)C5)cc3)cccc21.CC. The Morgan fingerprint density at radius 3 is 1.97 bits per heavy atom. The fraction of sp³-hybridized carbons (Fsp3) is 0.205. The smallest absolute Gasteiger partial charge is 0.0716 e. The predicted octanol–water partition coefficient (Wildman–Crippen LogP) is 23.6. The third-order valence-corrected chi connectivity index (χ3v) is 20.9. The van der Waals surface area contributed by atoms with Crippen LogP contribution in [0.3, 0.4) is 0 Å². The molecule has 8 aliphatic carbocycles. The van der Waals surface area contributed by atoms with Crippen LogP contribution in [0.2, 0.25) is 0 Å². The molecule has 0 bridgehead atoms. The van der Waals surface area contributed by atoms with E-state index in [1.54, 1.807) is 11.1 Å². The van der Waals surface area contributed by atoms with Crippen molar-refractivity contribution in [1.29, 1.82) is 0 Å². The van der Waals surface area contributed by atoms with Crippen molar-refractivity contribution < 1.29 is 0 Å². The number of hydrogen-bond donors (Lipinski definition) is 0. The van der Waals surface area contributed by atoms with Crippen LogP contribution in [0.5, 0.6) is 0 Å². The average molecular weight is 1150 g/mol. The van der Waals surface area contributed by atoms with E-state index in [2.05, 4.69) is 269 Å². The maximum absolute atomic E-state index is 4.32. The van der Waals surface area contributed by atoms with Gasteiger partial charge in [0.25, 0.3) is 0 Å². The minimum absolute atomic E-state index is 0.471. The van der Waals surface area contributed by atoms with E-state index in [1.807, 2.05) is 19.9 Å². The summed E-state index contributed by atoms with van der Waals surface area (Å²) >= 11 is 0. The highest BCUT2D eigenvalue weighted by Gasteiger charge is 2.52. The van der Waals surface area contributed by atoms with E-state index in [0.717, 1.165) is 57.8 Å². The number of allylic oxidation sites excluding steroid dienone is 24. The van der Waals surface area contributed by atoms with Crippen LogP contribution in [0.15, 0.2) is 305 Å². The van der Waals surface area contributed by atoms with Gasteiger partial charge in [-0.3, -0.25) is 0 Å². The first-order chi connectivity index (χ1) is 44.0. The number of anilines is 2. The van der Waals surface area contributed by atoms with Crippen molar-refractivity contribution in [1.82, 2.24) is 0 Å². The molecule has 1 spiro atoms. The first kappa shape index (κ1) is 56.2. The normalized spacial score (nSPS) is 19.4. The van der Waals surface area contributed by atoms with E-state index in [4.69, 9.17) is 0 Å². The van der Waals surface area contributed by atoms with E-state index < -0.39 is 10.8 Å². The highest BCUT2D eigenvalue weighted by atomic mass is 15.2. The number of benzene rings is 8. The lowest BCUT2D eigenvalue weighted by atomic mass is 9.59. The second-order valence-corrected chi connectivity index (χ2v) is 25.1. The zero-order chi connectivity index (χ0) is 60.4. The summed E-state index contributed by atoms with van der Waals surface area (Å²) in [4.78, 5) is 2.63. The fourth-order valence-corrected chi connectivity index (χ4v) is 17.3. The molecule has 0 saturated carbocycles. The van der Waals surface area contributed by atoms with Crippen molar-refractivity contribution in [2.45, 2.75) is 116 Å². The van der Waals surface area contributed by atoms with Gasteiger partial charge in [-0.15, -0.1) is 0 Å². The summed E-state index contributed by atoms with van der Waals surface area (Å²) in [5.74, 6) is 0. The number of hydrogen-bond acceptors (Lipinski definition) is 1. The highest BCUT2D eigenvalue weighted by Crippen LogP contribution is 2.64. The Balaban J connectivity index is 0.00000328. The van der Waals surface area contributed by atoms with Crippen molar-refractivity contribution >= 4 is 44.1 Å². The Hall–Kier alpha value is -9.30. The van der Waals surface area contributed by atoms with Crippen LogP contribution < -0.4 is 4.90 Å². The Labute approximate surface area is 528 Å². The second-order valence-electron chi connectivity index (χ2n) is 25.1. The van der Waals surface area contributed by atoms with Gasteiger partial charge in [0.1, 0.15) is 0 Å². The lowest BCUT2D eigenvalue weighted by molar-refractivity contribution is 0.716. The summed E-state index contributed by atoms with van der Waals surface area (Å²) in [6.45, 7) is 14.9. The molecule has 8 aromatic carbocycles. The molecule has 1 heteroatoms. The monoisotopic (exact) mass is 1150 g/mol. The number of nitrogens with zero attached hydrogens (tertiary/aromatic N) is 1. The third kappa shape index (κ3) is 8.62. The molecule has 8 aromatic rings. The van der Waals surface area contributed by atoms with Crippen LogP contribution in [-0.2, 0) is 17.3 Å². The van der Waals surface area contributed by atoms with E-state index in [1.165, 1.54) is 163 Å². The van der Waals surface area contributed by atoms with Crippen LogP contribution in [0.4, 0.5) is 11.4 Å². The minimum atomic E-state index is -0.590. The quantitative estimate of drug-likeness (QED) is 0.117. The average Bonchev–Trinajstić information content (AvgIpc) is 1.62. The maximum Gasteiger partial charge on any atom is 0.0716 e. The van der Waals surface area contributed by atoms with Crippen molar-refractivity contribution in [3.8, 4) is 11.1 Å². The van der Waals surface area contributed by atoms with Crippen LogP contribution in [-0.4, -0.2) is 0 Å². The molecule has 0 aliphatic heterocycles. The molecule has 1 unspecified atom stereocenters. The summed E-state index contributed by atoms with van der Waals surface area (Å²) in [5.41, 5.74) is 33.7. The fourth-order valence-electron chi connectivity index (χ4n) is 17.3. The third-order valence-electron chi connectivity index (χ3n) is 20.9. The predicted molar refractivity (Wildman–Crippen MR) is 380 cm³/mol. The molecule has 436 valence electrons. The Bertz CT molecular complexity index is 4600. The Morgan fingerprint density at radius 1 is 0.562 bits per heavy atom. The Kier molecular flexibility index (Phi) is 14.5. The molecular weight excluding hydrogens is 1070 g/mol. The molecule has 0 amide bonds. The maximum atomic E-state index is 4.32. The first-order valence-electron chi connectivity index (χ1n) is 33.2. The summed E-state index contributed by atoms with van der Waals surface area (Å²) in [7, 11) is 0. The van der Waals surface area contributed by atoms with Gasteiger partial charge in [0.2, 0.25) is 0 Å². The summed E-state index contributed by atoms with van der Waals surface area (Å²) < 4.78 is 0. The standard InChI is InChI=1S/C86H73N.C2H6/c1-5-9-28-64(8-4)85(65(22-6-2)23-7-3)78-36-19-17-34-74(78)84-81(85)37-21-38-83(84)87(66-45-39-56(40-46-66)60-41-47-71-63(51-60)52-62-26-12-15-32-70(62)71)67-29-20-27-59(53-67)61-42-48-73-72-33-16-18-35-77(72)86(82(73)54-61)79-49-43-57-24-10-13-30-68(57)75(79)55-76-69-31-14-11-25-58(69)44-50-80(76)86;1-2/h6-11,13-19,21-25,28-40,43-46,49-51,53-54H,2,5,12,20,26-27,41-42,47-48,52,55H2,1,3-4H3;1-2H3/b23-7-,28-9-,64-8+,65-22+;. The van der Waals surface area contributed by atoms with Gasteiger partial charge in [-0.1, -0.05) is 251 Å². The zero-order valence-corrected chi connectivity index (χ0v) is 52.5. The van der Waals surface area contributed by atoms with Crippen LogP contribution in [0, 0.1) is 0 Å². The van der Waals surface area contributed by atoms with Gasteiger partial charge in [-0.2, -0.15) is 0 Å². The van der Waals surface area contributed by atoms with Gasteiger partial charge < -0.3 is 4.90 Å². The van der Waals surface area contributed by atoms with Gasteiger partial charge in [-0.05, 0) is 242 Å². The Morgan fingerprint density at radius 2 is 1.24 bits per heavy atom. The molecule has 1 nitrogen and oxygen atoms in total. The molecule has 0 saturated heterocycles. The molecule has 0 aromatic heterocycles. The molecule has 8 aliphatic rings. The van der Waals surface area contributed by atoms with Crippen LogP contribution in [0.25, 0.3) is 43.8 Å². The molecule has 0 heterocycles. The number of rotatable bonds is 11. The first-order valence-corrected chi connectivity index (χ1v) is 33.2. The molecular formula is C88H79N. The van der Waals surface area contributed by atoms with E-state index in [0.29, 0.717) is 0 Å². The van der Waals surface area contributed by atoms with Crippen molar-refractivity contribution in [3.05, 3.63) is 355 Å². The van der Waals surface area contributed by atoms with Gasteiger partial charge in [0.15, 0.2) is 0 Å².